The molecule has 1 aliphatic heterocycles. The zero-order valence-electron chi connectivity index (χ0n) is 7.10. The molecular weight excluding hydrogens is 190 g/mol. The molecule has 1 fully saturated rings. The van der Waals surface area contributed by atoms with Crippen LogP contribution >= 0.6 is 11.3 Å². The normalized spacial score (nSPS) is 17.2. The van der Waals surface area contributed by atoms with Crippen LogP contribution in [0, 0.1) is 12.8 Å². The van der Waals surface area contributed by atoms with Crippen LogP contribution in [0.1, 0.15) is 5.01 Å². The molecule has 0 spiro atoms. The third kappa shape index (κ3) is 1.49. The van der Waals surface area contributed by atoms with Crippen molar-refractivity contribution in [2.75, 3.05) is 18.0 Å². The number of hydrogen-bond acceptors (Lipinski definition) is 5. The molecule has 0 amide bonds. The summed E-state index contributed by atoms with van der Waals surface area (Å²) in [6.07, 6.45) is 0. The fourth-order valence-electron chi connectivity index (χ4n) is 1.20. The predicted octanol–water partition coefficient (Wildman–Crippen LogP) is 0.367. The molecule has 0 bridgehead atoms. The second kappa shape index (κ2) is 2.95. The quantitative estimate of drug-likeness (QED) is 0.745. The van der Waals surface area contributed by atoms with E-state index in [1.54, 1.807) is 0 Å². The number of carboxylic acids is 1. The summed E-state index contributed by atoms with van der Waals surface area (Å²) in [6, 6.07) is 0. The van der Waals surface area contributed by atoms with E-state index in [1.165, 1.54) is 11.3 Å². The highest BCUT2D eigenvalue weighted by atomic mass is 32.1. The van der Waals surface area contributed by atoms with E-state index in [1.807, 2.05) is 11.8 Å². The standard InChI is InChI=1S/C7H9N3O2S/c1-4-8-9-7(13-4)10-2-5(3-10)6(11)12/h5H,2-3H2,1H3,(H,11,12). The predicted molar refractivity (Wildman–Crippen MR) is 48.0 cm³/mol. The zero-order chi connectivity index (χ0) is 9.42. The summed E-state index contributed by atoms with van der Waals surface area (Å²) in [6.45, 7) is 3.00. The Kier molecular flexibility index (Phi) is 1.91. The van der Waals surface area contributed by atoms with E-state index in [0.29, 0.717) is 13.1 Å². The van der Waals surface area contributed by atoms with Gasteiger partial charge in [-0.15, -0.1) is 10.2 Å². The maximum absolute atomic E-state index is 10.5. The van der Waals surface area contributed by atoms with E-state index in [2.05, 4.69) is 10.2 Å². The Morgan fingerprint density at radius 3 is 2.77 bits per heavy atom. The Balaban J connectivity index is 1.97. The first-order chi connectivity index (χ1) is 6.16. The highest BCUT2D eigenvalue weighted by molar-refractivity contribution is 7.15. The van der Waals surface area contributed by atoms with Crippen LogP contribution in [-0.4, -0.2) is 34.4 Å². The lowest BCUT2D eigenvalue weighted by molar-refractivity contribution is -0.142. The van der Waals surface area contributed by atoms with Gasteiger partial charge in [-0.05, 0) is 6.92 Å². The lowest BCUT2D eigenvalue weighted by atomic mass is 10.0. The molecule has 0 aromatic carbocycles. The molecule has 6 heteroatoms. The van der Waals surface area contributed by atoms with Crippen molar-refractivity contribution in [3.8, 4) is 0 Å². The van der Waals surface area contributed by atoms with Gasteiger partial charge >= 0.3 is 5.97 Å². The lowest BCUT2D eigenvalue weighted by Crippen LogP contribution is -2.50. The molecule has 1 aliphatic rings. The molecule has 0 radical (unpaired) electrons. The average Bonchev–Trinajstić information content (AvgIpc) is 2.31. The molecule has 2 rings (SSSR count). The van der Waals surface area contributed by atoms with Crippen LogP contribution < -0.4 is 4.90 Å². The van der Waals surface area contributed by atoms with Crippen molar-refractivity contribution in [1.29, 1.82) is 0 Å². The van der Waals surface area contributed by atoms with Gasteiger partial charge in [0.25, 0.3) is 0 Å². The monoisotopic (exact) mass is 199 g/mol. The number of aliphatic carboxylic acids is 1. The van der Waals surface area contributed by atoms with Gasteiger partial charge in [0.2, 0.25) is 5.13 Å². The fraction of sp³-hybridized carbons (Fsp3) is 0.571. The summed E-state index contributed by atoms with van der Waals surface area (Å²) in [5, 5.41) is 18.2. The molecule has 0 atom stereocenters. The van der Waals surface area contributed by atoms with E-state index in [-0.39, 0.29) is 5.92 Å². The number of aryl methyl sites for hydroxylation is 1. The van der Waals surface area contributed by atoms with Crippen LogP contribution in [-0.2, 0) is 4.79 Å². The van der Waals surface area contributed by atoms with Crippen LogP contribution in [0.3, 0.4) is 0 Å². The van der Waals surface area contributed by atoms with Gasteiger partial charge in [-0.25, -0.2) is 0 Å². The number of carbonyl (C=O) groups is 1. The summed E-state index contributed by atoms with van der Waals surface area (Å²) in [4.78, 5) is 12.4. The van der Waals surface area contributed by atoms with E-state index in [0.717, 1.165) is 10.1 Å². The summed E-state index contributed by atoms with van der Waals surface area (Å²) < 4.78 is 0. The number of nitrogens with zero attached hydrogens (tertiary/aromatic N) is 3. The van der Waals surface area contributed by atoms with Crippen LogP contribution in [0.2, 0.25) is 0 Å². The van der Waals surface area contributed by atoms with Gasteiger partial charge in [0, 0.05) is 13.1 Å². The van der Waals surface area contributed by atoms with Gasteiger partial charge in [-0.3, -0.25) is 4.79 Å². The van der Waals surface area contributed by atoms with Crippen molar-refractivity contribution in [3.05, 3.63) is 5.01 Å². The van der Waals surface area contributed by atoms with Crippen LogP contribution in [0.4, 0.5) is 5.13 Å². The van der Waals surface area contributed by atoms with Gasteiger partial charge in [-0.1, -0.05) is 11.3 Å². The second-order valence-corrected chi connectivity index (χ2v) is 4.20. The van der Waals surface area contributed by atoms with Gasteiger partial charge < -0.3 is 10.0 Å². The molecule has 1 aromatic heterocycles. The fourth-order valence-corrected chi connectivity index (χ4v) is 1.91. The Bertz CT molecular complexity index is 332. The molecule has 2 heterocycles. The Hall–Kier alpha value is -1.17. The molecule has 5 nitrogen and oxygen atoms in total. The van der Waals surface area contributed by atoms with Gasteiger partial charge in [0.15, 0.2) is 0 Å². The van der Waals surface area contributed by atoms with Crippen molar-refractivity contribution < 1.29 is 9.90 Å². The topological polar surface area (TPSA) is 66.3 Å². The summed E-state index contributed by atoms with van der Waals surface area (Å²) >= 11 is 1.50. The molecular formula is C7H9N3O2S. The SMILES string of the molecule is Cc1nnc(N2CC(C(=O)O)C2)s1. The van der Waals surface area contributed by atoms with Gasteiger partial charge in [0.05, 0.1) is 5.92 Å². The Morgan fingerprint density at radius 2 is 2.31 bits per heavy atom. The first kappa shape index (κ1) is 8.43. The van der Waals surface area contributed by atoms with Crippen molar-refractivity contribution >= 4 is 22.4 Å². The molecule has 70 valence electrons. The molecule has 1 saturated heterocycles. The third-order valence-corrected chi connectivity index (χ3v) is 2.92. The summed E-state index contributed by atoms with van der Waals surface area (Å²) in [5.74, 6) is -0.957. The first-order valence-corrected chi connectivity index (χ1v) is 4.76. The largest absolute Gasteiger partial charge is 0.481 e. The molecule has 13 heavy (non-hydrogen) atoms. The Morgan fingerprint density at radius 1 is 1.62 bits per heavy atom. The van der Waals surface area contributed by atoms with E-state index >= 15 is 0 Å². The summed E-state index contributed by atoms with van der Waals surface area (Å²) in [5.41, 5.74) is 0. The number of carboxylic acid groups (broad SMARTS) is 1. The number of anilines is 1. The van der Waals surface area contributed by atoms with E-state index < -0.39 is 5.97 Å². The molecule has 1 N–H and O–H groups in total. The minimum atomic E-state index is -0.725. The molecule has 1 aromatic rings. The van der Waals surface area contributed by atoms with E-state index in [4.69, 9.17) is 5.11 Å². The number of hydrogen-bond donors (Lipinski definition) is 1. The van der Waals surface area contributed by atoms with Crippen molar-refractivity contribution in [2.45, 2.75) is 6.92 Å². The van der Waals surface area contributed by atoms with Crippen molar-refractivity contribution in [1.82, 2.24) is 10.2 Å². The van der Waals surface area contributed by atoms with Gasteiger partial charge in [0.1, 0.15) is 5.01 Å². The lowest BCUT2D eigenvalue weighted by Gasteiger charge is -2.35. The summed E-state index contributed by atoms with van der Waals surface area (Å²) in [7, 11) is 0. The minimum Gasteiger partial charge on any atom is -0.481 e. The third-order valence-electron chi connectivity index (χ3n) is 2.02. The number of aromatic nitrogens is 2. The molecule has 0 saturated carbocycles. The van der Waals surface area contributed by atoms with Crippen LogP contribution in [0.15, 0.2) is 0 Å². The number of rotatable bonds is 2. The van der Waals surface area contributed by atoms with Crippen LogP contribution in [0.5, 0.6) is 0 Å². The smallest absolute Gasteiger partial charge is 0.310 e. The van der Waals surface area contributed by atoms with Crippen LogP contribution in [0.25, 0.3) is 0 Å². The minimum absolute atomic E-state index is 0.232. The van der Waals surface area contributed by atoms with Crippen molar-refractivity contribution in [3.63, 3.8) is 0 Å². The molecule has 0 aliphatic carbocycles. The zero-order valence-corrected chi connectivity index (χ0v) is 7.91. The van der Waals surface area contributed by atoms with E-state index in [9.17, 15) is 4.79 Å². The van der Waals surface area contributed by atoms with Crippen molar-refractivity contribution in [2.24, 2.45) is 5.92 Å². The maximum Gasteiger partial charge on any atom is 0.310 e. The first-order valence-electron chi connectivity index (χ1n) is 3.94. The second-order valence-electron chi connectivity index (χ2n) is 3.04. The maximum atomic E-state index is 10.5. The molecule has 0 unspecified atom stereocenters. The average molecular weight is 199 g/mol. The highest BCUT2D eigenvalue weighted by Gasteiger charge is 2.34. The van der Waals surface area contributed by atoms with Gasteiger partial charge in [-0.2, -0.15) is 0 Å². The Labute approximate surface area is 79.0 Å². The highest BCUT2D eigenvalue weighted by Crippen LogP contribution is 2.27.